The maximum atomic E-state index is 13.1. The van der Waals surface area contributed by atoms with Crippen molar-refractivity contribution in [3.63, 3.8) is 0 Å². The number of hydrogen-bond acceptors (Lipinski definition) is 20. The standard InChI is InChI=1S/C56H110O20/c1-13-43(57)25-64-34-54(22-10,35-65-26-44(58)14-2)39-69-30-48(18-6)73-52(62)75-50(20-8)32-71-41-56(24-12,38-68-29-47(61)17-5)42-72-33-51(21-9)76-53(63)74-49(19-7)31-70-40-55(23-11,36-66-27-45(59)15-3)37-67-28-46(60)16-4/h43-51,57-61H,13-42H2,1-12H3. The molecular weight excluding hydrogens is 993 g/mol. The first-order valence-corrected chi connectivity index (χ1v) is 28.7. The van der Waals surface area contributed by atoms with Crippen molar-refractivity contribution in [3.8, 4) is 0 Å². The van der Waals surface area contributed by atoms with E-state index in [1.165, 1.54) is 0 Å². The van der Waals surface area contributed by atoms with Crippen molar-refractivity contribution in [1.29, 1.82) is 0 Å². The summed E-state index contributed by atoms with van der Waals surface area (Å²) in [5.74, 6) is 0. The van der Waals surface area contributed by atoms with Gasteiger partial charge >= 0.3 is 12.3 Å². The maximum Gasteiger partial charge on any atom is 0.508 e. The van der Waals surface area contributed by atoms with E-state index in [9.17, 15) is 35.1 Å². The minimum absolute atomic E-state index is 0.0682. The third kappa shape index (κ3) is 33.5. The Kier molecular flexibility index (Phi) is 43.5. The van der Waals surface area contributed by atoms with E-state index in [-0.39, 0.29) is 119 Å². The summed E-state index contributed by atoms with van der Waals surface area (Å²) in [5, 5.41) is 50.5. The summed E-state index contributed by atoms with van der Waals surface area (Å²) < 4.78 is 77.1. The normalized spacial score (nSPS) is 18.0. The van der Waals surface area contributed by atoms with Crippen LogP contribution in [-0.4, -0.2) is 212 Å². The molecule has 20 nitrogen and oxygen atoms in total. The molecule has 0 aromatic carbocycles. The fraction of sp³-hybridized carbons (Fsp3) is 0.964. The molecule has 0 spiro atoms. The smallest absolute Gasteiger partial charge is 0.429 e. The summed E-state index contributed by atoms with van der Waals surface area (Å²) in [7, 11) is 0. The van der Waals surface area contributed by atoms with Crippen LogP contribution in [0.25, 0.3) is 0 Å². The van der Waals surface area contributed by atoms with Crippen molar-refractivity contribution in [2.45, 2.75) is 215 Å². The highest BCUT2D eigenvalue weighted by Crippen LogP contribution is 2.28. The highest BCUT2D eigenvalue weighted by molar-refractivity contribution is 5.60. The van der Waals surface area contributed by atoms with E-state index in [1.54, 1.807) is 0 Å². The average molecular weight is 1100 g/mol. The molecule has 0 saturated carbocycles. The third-order valence-electron chi connectivity index (χ3n) is 13.9. The van der Waals surface area contributed by atoms with E-state index in [4.69, 9.17) is 61.6 Å². The van der Waals surface area contributed by atoms with Gasteiger partial charge in [0.1, 0.15) is 24.4 Å². The van der Waals surface area contributed by atoms with E-state index in [1.807, 2.05) is 83.1 Å². The Morgan fingerprint density at radius 3 is 0.566 bits per heavy atom. The summed E-state index contributed by atoms with van der Waals surface area (Å²) in [5.41, 5.74) is -1.79. The lowest BCUT2D eigenvalue weighted by Gasteiger charge is -2.33. The molecule has 9 unspecified atom stereocenters. The molecule has 5 N–H and O–H groups in total. The second-order valence-electron chi connectivity index (χ2n) is 20.6. The van der Waals surface area contributed by atoms with Gasteiger partial charge in [-0.15, -0.1) is 0 Å². The van der Waals surface area contributed by atoms with E-state index < -0.39 is 83.5 Å². The van der Waals surface area contributed by atoms with E-state index in [2.05, 4.69) is 0 Å². The Labute approximate surface area is 458 Å². The predicted molar refractivity (Wildman–Crippen MR) is 288 cm³/mol. The Bertz CT molecular complexity index is 1260. The summed E-state index contributed by atoms with van der Waals surface area (Å²) in [6.45, 7) is 26.2. The molecule has 0 rings (SSSR count). The number of aliphatic hydroxyl groups is 5. The molecule has 0 aliphatic carbocycles. The summed E-state index contributed by atoms with van der Waals surface area (Å²) in [6, 6.07) is 0. The van der Waals surface area contributed by atoms with Gasteiger partial charge in [-0.05, 0) is 77.0 Å². The first-order valence-electron chi connectivity index (χ1n) is 28.7. The number of carbonyl (C=O) groups is 2. The van der Waals surface area contributed by atoms with Crippen molar-refractivity contribution in [3.05, 3.63) is 0 Å². The lowest BCUT2D eigenvalue weighted by atomic mass is 9.88. The SMILES string of the molecule is CCC(O)COCC(CC)(COCC(O)CC)COCC(CC)OC(=O)OC(CC)COCC(CC)(COCC(O)CC)COCC(CC)OC(=O)OC(CC)COCC(CC)(COCC(O)CC)COCC(O)CC. The fourth-order valence-corrected chi connectivity index (χ4v) is 7.11. The first-order chi connectivity index (χ1) is 36.4. The Morgan fingerprint density at radius 1 is 0.276 bits per heavy atom. The monoisotopic (exact) mass is 1100 g/mol. The van der Waals surface area contributed by atoms with Gasteiger partial charge in [-0.25, -0.2) is 9.59 Å². The lowest BCUT2D eigenvalue weighted by molar-refractivity contribution is -0.114. The number of ether oxygens (including phenoxy) is 13. The van der Waals surface area contributed by atoms with Gasteiger partial charge in [0.25, 0.3) is 0 Å². The van der Waals surface area contributed by atoms with Gasteiger partial charge in [0, 0.05) is 16.2 Å². The van der Waals surface area contributed by atoms with Crippen LogP contribution in [0.1, 0.15) is 160 Å². The van der Waals surface area contributed by atoms with E-state index in [0.29, 0.717) is 77.0 Å². The molecule has 76 heavy (non-hydrogen) atoms. The number of rotatable bonds is 52. The zero-order valence-electron chi connectivity index (χ0n) is 49.3. The zero-order chi connectivity index (χ0) is 57.3. The van der Waals surface area contributed by atoms with Gasteiger partial charge in [0.2, 0.25) is 0 Å². The van der Waals surface area contributed by atoms with Crippen molar-refractivity contribution in [2.24, 2.45) is 16.2 Å². The zero-order valence-corrected chi connectivity index (χ0v) is 49.3. The molecule has 0 bridgehead atoms. The molecule has 0 aliphatic heterocycles. The number of carbonyl (C=O) groups excluding carboxylic acids is 2. The molecule has 0 aromatic heterocycles. The fourth-order valence-electron chi connectivity index (χ4n) is 7.11. The van der Waals surface area contributed by atoms with Crippen LogP contribution < -0.4 is 0 Å². The van der Waals surface area contributed by atoms with E-state index >= 15 is 0 Å². The van der Waals surface area contributed by atoms with Gasteiger partial charge in [-0.2, -0.15) is 0 Å². The van der Waals surface area contributed by atoms with Crippen LogP contribution in [0.5, 0.6) is 0 Å². The summed E-state index contributed by atoms with van der Waals surface area (Å²) in [6.07, 6.45) is -0.619. The van der Waals surface area contributed by atoms with Crippen LogP contribution in [0.2, 0.25) is 0 Å². The average Bonchev–Trinajstić information content (AvgIpc) is 3.42. The Balaban J connectivity index is 5.58. The molecule has 0 saturated heterocycles. The van der Waals surface area contributed by atoms with Crippen LogP contribution in [0.4, 0.5) is 9.59 Å². The van der Waals surface area contributed by atoms with Gasteiger partial charge < -0.3 is 87.1 Å². The maximum absolute atomic E-state index is 13.1. The molecule has 0 amide bonds. The van der Waals surface area contributed by atoms with Crippen molar-refractivity contribution in [1.82, 2.24) is 0 Å². The molecular formula is C56H110O20. The summed E-state index contributed by atoms with van der Waals surface area (Å²) >= 11 is 0. The molecule has 0 fully saturated rings. The highest BCUT2D eigenvalue weighted by Gasteiger charge is 2.35. The van der Waals surface area contributed by atoms with E-state index in [0.717, 1.165) is 0 Å². The predicted octanol–water partition coefficient (Wildman–Crippen LogP) is 7.60. The molecule has 0 aliphatic rings. The molecule has 0 heterocycles. The van der Waals surface area contributed by atoms with Crippen molar-refractivity contribution >= 4 is 12.3 Å². The number of hydrogen-bond donors (Lipinski definition) is 5. The van der Waals surface area contributed by atoms with Crippen LogP contribution in [0, 0.1) is 16.2 Å². The van der Waals surface area contributed by atoms with Gasteiger partial charge in [-0.3, -0.25) is 0 Å². The summed E-state index contributed by atoms with van der Waals surface area (Å²) in [4.78, 5) is 26.3. The molecule has 454 valence electrons. The van der Waals surface area contributed by atoms with Gasteiger partial charge in [-0.1, -0.05) is 83.1 Å². The third-order valence-corrected chi connectivity index (χ3v) is 13.9. The molecule has 9 atom stereocenters. The van der Waals surface area contributed by atoms with Crippen LogP contribution >= 0.6 is 0 Å². The molecule has 20 heteroatoms. The van der Waals surface area contributed by atoms with Crippen LogP contribution in [0.3, 0.4) is 0 Å². The minimum atomic E-state index is -0.847. The topological polar surface area (TPSA) is 255 Å². The second kappa shape index (κ2) is 44.7. The van der Waals surface area contributed by atoms with Crippen molar-refractivity contribution < 1.29 is 96.7 Å². The number of aliphatic hydroxyl groups excluding tert-OH is 5. The Hall–Kier alpha value is -2.02. The Morgan fingerprint density at radius 2 is 0.434 bits per heavy atom. The largest absolute Gasteiger partial charge is 0.508 e. The van der Waals surface area contributed by atoms with Gasteiger partial charge in [0.15, 0.2) is 0 Å². The van der Waals surface area contributed by atoms with Gasteiger partial charge in [0.05, 0.1) is 149 Å². The highest BCUT2D eigenvalue weighted by atomic mass is 16.7. The van der Waals surface area contributed by atoms with Crippen LogP contribution in [-0.2, 0) is 61.6 Å². The minimum Gasteiger partial charge on any atom is -0.429 e. The second-order valence-corrected chi connectivity index (χ2v) is 20.6. The quantitative estimate of drug-likeness (QED) is 0.0368. The first kappa shape index (κ1) is 74.0. The lowest BCUT2D eigenvalue weighted by Crippen LogP contribution is -2.40. The molecule has 0 radical (unpaired) electrons. The molecule has 0 aromatic rings. The van der Waals surface area contributed by atoms with Crippen LogP contribution in [0.15, 0.2) is 0 Å². The van der Waals surface area contributed by atoms with Crippen molar-refractivity contribution in [2.75, 3.05) is 119 Å².